The number of furan rings is 1. The summed E-state index contributed by atoms with van der Waals surface area (Å²) in [6.07, 6.45) is 5.60. The third-order valence-electron chi connectivity index (χ3n) is 11.8. The number of nitrogens with zero attached hydrogens (tertiary/aromatic N) is 5. The van der Waals surface area contributed by atoms with Crippen LogP contribution in [-0.2, 0) is 21.1 Å². The quantitative estimate of drug-likeness (QED) is 0.123. The van der Waals surface area contributed by atoms with Gasteiger partial charge in [-0.3, -0.25) is 4.57 Å². The Morgan fingerprint density at radius 3 is 1.92 bits per heavy atom. The Balaban J connectivity index is 0.00000410. The van der Waals surface area contributed by atoms with Crippen LogP contribution in [0, 0.1) is 18.5 Å². The van der Waals surface area contributed by atoms with Gasteiger partial charge in [0.25, 0.3) is 6.33 Å². The molecule has 0 unspecified atom stereocenters. The average Bonchev–Trinajstić information content (AvgIpc) is 4.07. The zero-order chi connectivity index (χ0) is 40.0. The van der Waals surface area contributed by atoms with Crippen LogP contribution in [0.15, 0.2) is 193 Å². The molecule has 0 radical (unpaired) electrons. The summed E-state index contributed by atoms with van der Waals surface area (Å²) in [6.45, 7) is 0. The van der Waals surface area contributed by atoms with Crippen molar-refractivity contribution in [3.8, 4) is 34.4 Å². The predicted octanol–water partition coefficient (Wildman–Crippen LogP) is 12.6. The molecule has 5 aromatic heterocycles. The molecular weight excluding hydrogens is 946 g/mol. The van der Waals surface area contributed by atoms with Gasteiger partial charge in [0.1, 0.15) is 17.0 Å². The first kappa shape index (κ1) is 36.1. The van der Waals surface area contributed by atoms with E-state index in [2.05, 4.69) is 164 Å². The SMILES string of the molecule is [Pt].[c-]1c(Oc2[c-]c3c(cc2)c2ccccc2n3-c2cc3oc4ccccc4c3cn2)cccc1-n1[c-][n+](-c2ccccc2-n2c3ccccc3c3ccccc32)c2ccccc21. The van der Waals surface area contributed by atoms with Gasteiger partial charge >= 0.3 is 0 Å². The molecule has 0 saturated heterocycles. The van der Waals surface area contributed by atoms with Crippen LogP contribution in [0.2, 0.25) is 0 Å². The Morgan fingerprint density at radius 1 is 0.500 bits per heavy atom. The Hall–Kier alpha value is -7.73. The number of imidazole rings is 1. The molecule has 62 heavy (non-hydrogen) atoms. The maximum atomic E-state index is 6.60. The topological polar surface area (TPSA) is 53.9 Å². The normalized spacial score (nSPS) is 11.7. The van der Waals surface area contributed by atoms with Crippen LogP contribution in [0.3, 0.4) is 0 Å². The molecule has 5 heterocycles. The monoisotopic (exact) mass is 976 g/mol. The van der Waals surface area contributed by atoms with Gasteiger partial charge in [-0.1, -0.05) is 115 Å². The van der Waals surface area contributed by atoms with E-state index in [4.69, 9.17) is 14.1 Å². The molecule has 0 aliphatic rings. The van der Waals surface area contributed by atoms with Crippen LogP contribution in [-0.4, -0.2) is 18.7 Å². The van der Waals surface area contributed by atoms with Crippen molar-refractivity contribution in [3.05, 3.63) is 207 Å². The summed E-state index contributed by atoms with van der Waals surface area (Å²) in [5.41, 5.74) is 10.6. The molecule has 0 aliphatic heterocycles. The minimum atomic E-state index is 0. The summed E-state index contributed by atoms with van der Waals surface area (Å²) in [4.78, 5) is 4.95. The number of pyridine rings is 1. The van der Waals surface area contributed by atoms with E-state index in [1.165, 1.54) is 10.8 Å². The van der Waals surface area contributed by atoms with Gasteiger partial charge in [-0.2, -0.15) is 18.2 Å². The fraction of sp³-hybridized carbons (Fsp3) is 0. The molecule has 8 aromatic carbocycles. The maximum Gasteiger partial charge on any atom is 0.268 e. The summed E-state index contributed by atoms with van der Waals surface area (Å²) in [5, 5.41) is 6.61. The van der Waals surface area contributed by atoms with E-state index < -0.39 is 0 Å². The largest absolute Gasteiger partial charge is 0.510 e. The molecule has 296 valence electrons. The van der Waals surface area contributed by atoms with Gasteiger partial charge in [0.05, 0.1) is 33.4 Å². The van der Waals surface area contributed by atoms with Crippen molar-refractivity contribution in [1.29, 1.82) is 0 Å². The molecule has 0 bridgehead atoms. The van der Waals surface area contributed by atoms with Crippen molar-refractivity contribution in [2.75, 3.05) is 0 Å². The third-order valence-corrected chi connectivity index (χ3v) is 11.8. The molecule has 0 saturated carbocycles. The smallest absolute Gasteiger partial charge is 0.268 e. The first-order chi connectivity index (χ1) is 30.2. The molecule has 0 spiro atoms. The molecule has 0 fully saturated rings. The van der Waals surface area contributed by atoms with Crippen molar-refractivity contribution in [1.82, 2.24) is 18.7 Å². The number of hydrogen-bond donors (Lipinski definition) is 0. The standard InChI is InChI=1S/C54H31N5O2.Pt/c1-5-20-44-38(16-1)39-17-2-6-21-45(39)58(44)50-26-11-10-25-49(50)57-34-56(47-23-8-9-24-48(47)57)35-14-13-15-36(30-35)60-37-28-29-41-40-18-3-7-22-46(40)59(51(41)31-37)54-32-53-43(33-55-54)42-19-4-12-27-52(42)61-53;/h1-29,32-33H;/q-2;. The van der Waals surface area contributed by atoms with E-state index in [1.54, 1.807) is 0 Å². The minimum absolute atomic E-state index is 0. The fourth-order valence-corrected chi connectivity index (χ4v) is 9.09. The van der Waals surface area contributed by atoms with Crippen LogP contribution >= 0.6 is 0 Å². The molecule has 0 atom stereocenters. The van der Waals surface area contributed by atoms with Crippen LogP contribution < -0.4 is 9.30 Å². The number of hydrogen-bond acceptors (Lipinski definition) is 3. The average molecular weight is 977 g/mol. The Kier molecular flexibility index (Phi) is 8.27. The van der Waals surface area contributed by atoms with Gasteiger partial charge in [-0.05, 0) is 47.5 Å². The van der Waals surface area contributed by atoms with Gasteiger partial charge in [0, 0.05) is 71.9 Å². The summed E-state index contributed by atoms with van der Waals surface area (Å²) in [7, 11) is 0. The Morgan fingerprint density at radius 2 is 1.13 bits per heavy atom. The van der Waals surface area contributed by atoms with Gasteiger partial charge < -0.3 is 22.9 Å². The van der Waals surface area contributed by atoms with Gasteiger partial charge in [-0.25, -0.2) is 4.98 Å². The molecule has 13 rings (SSSR count). The second-order valence-corrected chi connectivity index (χ2v) is 15.2. The molecule has 0 N–H and O–H groups in total. The van der Waals surface area contributed by atoms with Gasteiger partial charge in [0.2, 0.25) is 0 Å². The van der Waals surface area contributed by atoms with Crippen LogP contribution in [0.5, 0.6) is 11.5 Å². The maximum absolute atomic E-state index is 6.60. The van der Waals surface area contributed by atoms with E-state index in [0.29, 0.717) is 11.5 Å². The Bertz CT molecular complexity index is 3840. The van der Waals surface area contributed by atoms with E-state index in [-0.39, 0.29) is 21.1 Å². The summed E-state index contributed by atoms with van der Waals surface area (Å²) >= 11 is 0. The summed E-state index contributed by atoms with van der Waals surface area (Å²) in [5.74, 6) is 1.86. The second kappa shape index (κ2) is 14.2. The van der Waals surface area contributed by atoms with E-state index in [1.807, 2.05) is 60.8 Å². The second-order valence-electron chi connectivity index (χ2n) is 15.2. The predicted molar refractivity (Wildman–Crippen MR) is 242 cm³/mol. The Labute approximate surface area is 369 Å². The van der Waals surface area contributed by atoms with Crippen molar-refractivity contribution in [2.45, 2.75) is 0 Å². The zero-order valence-electron chi connectivity index (χ0n) is 32.8. The number of aromatic nitrogens is 5. The molecule has 0 amide bonds. The zero-order valence-corrected chi connectivity index (χ0v) is 35.0. The van der Waals surface area contributed by atoms with E-state index >= 15 is 0 Å². The molecule has 8 heteroatoms. The molecular formula is C54H31N5O2Pt-2. The number of para-hydroxylation sites is 8. The fourth-order valence-electron chi connectivity index (χ4n) is 9.09. The van der Waals surface area contributed by atoms with Crippen molar-refractivity contribution >= 4 is 76.6 Å². The van der Waals surface area contributed by atoms with Crippen molar-refractivity contribution in [2.24, 2.45) is 0 Å². The first-order valence-electron chi connectivity index (χ1n) is 20.2. The number of benzene rings is 8. The number of fused-ring (bicyclic) bond motifs is 10. The van der Waals surface area contributed by atoms with Crippen LogP contribution in [0.1, 0.15) is 0 Å². The number of rotatable bonds is 6. The van der Waals surface area contributed by atoms with Gasteiger partial charge in [-0.15, -0.1) is 29.7 Å². The van der Waals surface area contributed by atoms with E-state index in [9.17, 15) is 0 Å². The third kappa shape index (κ3) is 5.48. The van der Waals surface area contributed by atoms with Crippen molar-refractivity contribution in [3.63, 3.8) is 0 Å². The van der Waals surface area contributed by atoms with Crippen LogP contribution in [0.25, 0.3) is 99.5 Å². The summed E-state index contributed by atoms with van der Waals surface area (Å²) in [6, 6.07) is 69.6. The number of ether oxygens (including phenoxy) is 1. The molecule has 7 nitrogen and oxygen atoms in total. The van der Waals surface area contributed by atoms with Crippen molar-refractivity contribution < 1.29 is 34.8 Å². The summed E-state index contributed by atoms with van der Waals surface area (Å²) < 4.78 is 21.5. The molecule has 0 aliphatic carbocycles. The van der Waals surface area contributed by atoms with Gasteiger partial charge in [0.15, 0.2) is 0 Å². The molecule has 13 aromatic rings. The first-order valence-corrected chi connectivity index (χ1v) is 20.2. The minimum Gasteiger partial charge on any atom is -0.510 e. The van der Waals surface area contributed by atoms with E-state index in [0.717, 1.165) is 88.7 Å². The van der Waals surface area contributed by atoms with Crippen LogP contribution in [0.4, 0.5) is 0 Å².